The molecule has 1 N–H and O–H groups in total. The quantitative estimate of drug-likeness (QED) is 0.940. The summed E-state index contributed by atoms with van der Waals surface area (Å²) in [6, 6.07) is 8.88. The number of carboxylic acid groups (broad SMARTS) is 1. The fourth-order valence-corrected chi connectivity index (χ4v) is 2.18. The van der Waals surface area contributed by atoms with E-state index in [0.29, 0.717) is 11.0 Å². The summed E-state index contributed by atoms with van der Waals surface area (Å²) in [5.41, 5.74) is 1.17. The second-order valence-electron chi connectivity index (χ2n) is 3.90. The maximum absolute atomic E-state index is 10.9. The predicted molar refractivity (Wildman–Crippen MR) is 71.9 cm³/mol. The van der Waals surface area contributed by atoms with E-state index in [4.69, 9.17) is 9.52 Å². The van der Waals surface area contributed by atoms with Crippen LogP contribution < -0.4 is 4.90 Å². The van der Waals surface area contributed by atoms with Gasteiger partial charge in [0.15, 0.2) is 0 Å². The molecule has 0 amide bonds. The van der Waals surface area contributed by atoms with Crippen LogP contribution in [0.2, 0.25) is 0 Å². The third-order valence-corrected chi connectivity index (χ3v) is 3.25. The van der Waals surface area contributed by atoms with Gasteiger partial charge < -0.3 is 14.4 Å². The molecule has 4 nitrogen and oxygen atoms in total. The number of halogens is 1. The Kier molecular flexibility index (Phi) is 3.72. The van der Waals surface area contributed by atoms with Crippen molar-refractivity contribution in [3.8, 4) is 0 Å². The summed E-state index contributed by atoms with van der Waals surface area (Å²) < 4.78 is 5.84. The van der Waals surface area contributed by atoms with E-state index in [9.17, 15) is 4.79 Å². The number of carbonyl (C=O) groups is 1. The summed E-state index contributed by atoms with van der Waals surface area (Å²) in [6.07, 6.45) is 1.63. The Hall–Kier alpha value is -1.75. The van der Waals surface area contributed by atoms with Crippen molar-refractivity contribution in [2.24, 2.45) is 0 Å². The van der Waals surface area contributed by atoms with E-state index in [1.807, 2.05) is 24.1 Å². The van der Waals surface area contributed by atoms with Crippen LogP contribution in [0.4, 0.5) is 5.69 Å². The lowest BCUT2D eigenvalue weighted by Gasteiger charge is -2.18. The van der Waals surface area contributed by atoms with Gasteiger partial charge in [-0.05, 0) is 46.3 Å². The Labute approximate surface area is 113 Å². The monoisotopic (exact) mass is 309 g/mol. The molecule has 1 aromatic carbocycles. The highest BCUT2D eigenvalue weighted by Crippen LogP contribution is 2.24. The van der Waals surface area contributed by atoms with Gasteiger partial charge >= 0.3 is 5.97 Å². The first-order valence-corrected chi connectivity index (χ1v) is 6.13. The molecule has 0 aliphatic rings. The number of anilines is 1. The fourth-order valence-electron chi connectivity index (χ4n) is 1.64. The van der Waals surface area contributed by atoms with Gasteiger partial charge in [-0.2, -0.15) is 0 Å². The second-order valence-corrected chi connectivity index (χ2v) is 4.76. The maximum atomic E-state index is 10.9. The van der Waals surface area contributed by atoms with Crippen LogP contribution in [-0.4, -0.2) is 18.1 Å². The molecular formula is C13H12BrNO3. The SMILES string of the molecule is CN(Cc1ccco1)c1ccc(C(=O)O)c(Br)c1. The van der Waals surface area contributed by atoms with E-state index >= 15 is 0 Å². The molecule has 1 heterocycles. The van der Waals surface area contributed by atoms with Crippen molar-refractivity contribution in [3.05, 3.63) is 52.4 Å². The highest BCUT2D eigenvalue weighted by atomic mass is 79.9. The number of hydrogen-bond acceptors (Lipinski definition) is 3. The van der Waals surface area contributed by atoms with Gasteiger partial charge in [0.2, 0.25) is 0 Å². The van der Waals surface area contributed by atoms with Gasteiger partial charge in [-0.15, -0.1) is 0 Å². The standard InChI is InChI=1S/C13H12BrNO3/c1-15(8-10-3-2-6-18-10)9-4-5-11(13(16)17)12(14)7-9/h2-7H,8H2,1H3,(H,16,17). The number of rotatable bonds is 4. The van der Waals surface area contributed by atoms with Gasteiger partial charge in [0.25, 0.3) is 0 Å². The van der Waals surface area contributed by atoms with E-state index < -0.39 is 5.97 Å². The van der Waals surface area contributed by atoms with Crippen LogP contribution in [0.1, 0.15) is 16.1 Å². The molecule has 0 saturated carbocycles. The second kappa shape index (κ2) is 5.27. The molecule has 0 radical (unpaired) electrons. The smallest absolute Gasteiger partial charge is 0.336 e. The zero-order valence-corrected chi connectivity index (χ0v) is 11.3. The zero-order chi connectivity index (χ0) is 13.1. The minimum atomic E-state index is -0.942. The molecule has 0 atom stereocenters. The van der Waals surface area contributed by atoms with E-state index in [-0.39, 0.29) is 5.56 Å². The molecule has 0 aliphatic carbocycles. The summed E-state index contributed by atoms with van der Waals surface area (Å²) in [6.45, 7) is 0.631. The number of furan rings is 1. The van der Waals surface area contributed by atoms with Crippen LogP contribution >= 0.6 is 15.9 Å². The number of carboxylic acids is 1. The van der Waals surface area contributed by atoms with Crippen LogP contribution in [-0.2, 0) is 6.54 Å². The van der Waals surface area contributed by atoms with Crippen molar-refractivity contribution < 1.29 is 14.3 Å². The van der Waals surface area contributed by atoms with E-state index in [2.05, 4.69) is 15.9 Å². The third-order valence-electron chi connectivity index (χ3n) is 2.60. The number of aromatic carboxylic acids is 1. The first-order chi connectivity index (χ1) is 8.58. The van der Waals surface area contributed by atoms with Crippen molar-refractivity contribution in [2.45, 2.75) is 6.54 Å². The molecule has 0 aliphatic heterocycles. The summed E-state index contributed by atoms with van der Waals surface area (Å²) in [4.78, 5) is 12.9. The fraction of sp³-hybridized carbons (Fsp3) is 0.154. The van der Waals surface area contributed by atoms with E-state index in [1.54, 1.807) is 24.5 Å². The first kappa shape index (κ1) is 12.7. The number of hydrogen-bond donors (Lipinski definition) is 1. The van der Waals surface area contributed by atoms with Crippen molar-refractivity contribution in [1.29, 1.82) is 0 Å². The molecule has 1 aromatic heterocycles. The van der Waals surface area contributed by atoms with Gasteiger partial charge in [0.1, 0.15) is 5.76 Å². The van der Waals surface area contributed by atoms with E-state index in [0.717, 1.165) is 11.4 Å². The lowest BCUT2D eigenvalue weighted by Crippen LogP contribution is -2.16. The normalized spacial score (nSPS) is 10.3. The lowest BCUT2D eigenvalue weighted by atomic mass is 10.2. The molecule has 0 fully saturated rings. The zero-order valence-electron chi connectivity index (χ0n) is 9.76. The Balaban J connectivity index is 2.18. The van der Waals surface area contributed by atoms with Crippen molar-refractivity contribution in [1.82, 2.24) is 0 Å². The molecule has 5 heteroatoms. The summed E-state index contributed by atoms with van der Waals surface area (Å²) in [5.74, 6) is -0.0851. The van der Waals surface area contributed by atoms with Crippen molar-refractivity contribution in [3.63, 3.8) is 0 Å². The average molecular weight is 310 g/mol. The Bertz CT molecular complexity index is 551. The molecule has 0 spiro atoms. The largest absolute Gasteiger partial charge is 0.478 e. The molecule has 2 aromatic rings. The molecule has 0 bridgehead atoms. The Morgan fingerprint density at radius 2 is 2.22 bits per heavy atom. The topological polar surface area (TPSA) is 53.7 Å². The summed E-state index contributed by atoms with van der Waals surface area (Å²) >= 11 is 3.26. The van der Waals surface area contributed by atoms with Gasteiger partial charge in [0.05, 0.1) is 18.4 Å². The van der Waals surface area contributed by atoms with Crippen LogP contribution in [0.3, 0.4) is 0 Å². The van der Waals surface area contributed by atoms with Gasteiger partial charge in [-0.1, -0.05) is 0 Å². The van der Waals surface area contributed by atoms with Crippen molar-refractivity contribution in [2.75, 3.05) is 11.9 Å². The number of benzene rings is 1. The Morgan fingerprint density at radius 3 is 2.78 bits per heavy atom. The van der Waals surface area contributed by atoms with Gasteiger partial charge in [0, 0.05) is 17.2 Å². The van der Waals surface area contributed by atoms with Gasteiger partial charge in [-0.3, -0.25) is 0 Å². The average Bonchev–Trinajstić information content (AvgIpc) is 2.81. The summed E-state index contributed by atoms with van der Waals surface area (Å²) in [7, 11) is 1.92. The molecule has 18 heavy (non-hydrogen) atoms. The van der Waals surface area contributed by atoms with E-state index in [1.165, 1.54) is 0 Å². The van der Waals surface area contributed by atoms with Crippen LogP contribution in [0.25, 0.3) is 0 Å². The minimum Gasteiger partial charge on any atom is -0.478 e. The molecule has 2 rings (SSSR count). The van der Waals surface area contributed by atoms with Crippen LogP contribution in [0.5, 0.6) is 0 Å². The van der Waals surface area contributed by atoms with Crippen molar-refractivity contribution >= 4 is 27.6 Å². The predicted octanol–water partition coefficient (Wildman–Crippen LogP) is 3.38. The highest BCUT2D eigenvalue weighted by Gasteiger charge is 2.11. The highest BCUT2D eigenvalue weighted by molar-refractivity contribution is 9.10. The molecule has 94 valence electrons. The Morgan fingerprint density at radius 1 is 1.44 bits per heavy atom. The van der Waals surface area contributed by atoms with Crippen LogP contribution in [0, 0.1) is 0 Å². The first-order valence-electron chi connectivity index (χ1n) is 5.34. The van der Waals surface area contributed by atoms with Crippen LogP contribution in [0.15, 0.2) is 45.5 Å². The van der Waals surface area contributed by atoms with Gasteiger partial charge in [-0.25, -0.2) is 4.79 Å². The summed E-state index contributed by atoms with van der Waals surface area (Å²) in [5, 5.41) is 8.94. The minimum absolute atomic E-state index is 0.255. The lowest BCUT2D eigenvalue weighted by molar-refractivity contribution is 0.0696. The molecule has 0 saturated heterocycles. The number of nitrogens with zero attached hydrogens (tertiary/aromatic N) is 1. The maximum Gasteiger partial charge on any atom is 0.336 e. The molecule has 0 unspecified atom stereocenters. The third kappa shape index (κ3) is 2.73. The molecular weight excluding hydrogens is 298 g/mol.